The molecular weight excluding hydrogens is 474 g/mol. The van der Waals surface area contributed by atoms with E-state index < -0.39 is 17.9 Å². The van der Waals surface area contributed by atoms with Crippen LogP contribution in [0, 0.1) is 0 Å². The summed E-state index contributed by atoms with van der Waals surface area (Å²) in [6.07, 6.45) is 8.62. The van der Waals surface area contributed by atoms with E-state index in [0.29, 0.717) is 10.6 Å². The van der Waals surface area contributed by atoms with Crippen LogP contribution in [-0.2, 0) is 4.79 Å². The fourth-order valence-corrected chi connectivity index (χ4v) is 5.91. The first-order valence-electron chi connectivity index (χ1n) is 11.8. The molecule has 0 radical (unpaired) electrons. The molecule has 1 atom stereocenters. The summed E-state index contributed by atoms with van der Waals surface area (Å²) in [7, 11) is 0. The highest BCUT2D eigenvalue weighted by molar-refractivity contribution is 7.09. The largest absolute Gasteiger partial charge is 0.395 e. The molecule has 0 aliphatic heterocycles. The number of rotatable bonds is 7. The average Bonchev–Trinajstić information content (AvgIpc) is 3.48. The number of halogens is 1. The second-order valence-corrected chi connectivity index (χ2v) is 10.3. The molecule has 0 bridgehead atoms. The zero-order valence-corrected chi connectivity index (χ0v) is 20.5. The summed E-state index contributed by atoms with van der Waals surface area (Å²) in [5, 5.41) is 3.72. The normalized spacial score (nSPS) is 17.9. The Morgan fingerprint density at radius 2 is 1.65 bits per heavy atom. The van der Waals surface area contributed by atoms with E-state index in [0.717, 1.165) is 69.3 Å². The number of carbonyl (C=O) groups is 3. The summed E-state index contributed by atoms with van der Waals surface area (Å²) in [5.74, 6) is -1.41. The summed E-state index contributed by atoms with van der Waals surface area (Å²) < 4.78 is 4.01. The second kappa shape index (κ2) is 10.7. The highest BCUT2D eigenvalue weighted by Crippen LogP contribution is 2.35. The van der Waals surface area contributed by atoms with Crippen molar-refractivity contribution in [1.29, 1.82) is 0 Å². The van der Waals surface area contributed by atoms with Gasteiger partial charge in [0.25, 0.3) is 11.8 Å². The van der Waals surface area contributed by atoms with Gasteiger partial charge in [-0.3, -0.25) is 14.4 Å². The van der Waals surface area contributed by atoms with E-state index in [-0.39, 0.29) is 34.2 Å². The summed E-state index contributed by atoms with van der Waals surface area (Å²) in [6.45, 7) is 0. The number of anilines is 1. The van der Waals surface area contributed by atoms with Crippen LogP contribution in [0.25, 0.3) is 0 Å². The Bertz CT molecular complexity index is 1050. The van der Waals surface area contributed by atoms with E-state index in [1.54, 1.807) is 29.2 Å². The SMILES string of the molecule is NC(=O)c1nsc(C(=O)N(C2CCCCC2)[C@H](C(=O)NC2CCCC2)c2ccc(Cl)cc2)c1N. The lowest BCUT2D eigenvalue weighted by Gasteiger charge is -2.39. The summed E-state index contributed by atoms with van der Waals surface area (Å²) in [4.78, 5) is 41.2. The van der Waals surface area contributed by atoms with Crippen LogP contribution in [0.4, 0.5) is 5.69 Å². The Labute approximate surface area is 208 Å². The monoisotopic (exact) mass is 503 g/mol. The van der Waals surface area contributed by atoms with Crippen molar-refractivity contribution in [2.75, 3.05) is 5.73 Å². The molecule has 0 unspecified atom stereocenters. The van der Waals surface area contributed by atoms with Crippen molar-refractivity contribution in [3.63, 3.8) is 0 Å². The standard InChI is InChI=1S/C24H30ClN5O3S/c25-15-12-10-14(11-13-15)20(23(32)28-16-6-4-5-7-16)30(17-8-2-1-3-9-17)24(33)21-18(26)19(22(27)31)29-34-21/h10-13,16-17,20H,1-9,26H2,(H2,27,31)(H,28,32)/t20-/m0/s1. The number of aromatic nitrogens is 1. The summed E-state index contributed by atoms with van der Waals surface area (Å²) >= 11 is 6.97. The predicted molar refractivity (Wildman–Crippen MR) is 133 cm³/mol. The maximum atomic E-state index is 14.0. The highest BCUT2D eigenvalue weighted by atomic mass is 35.5. The molecule has 4 rings (SSSR count). The van der Waals surface area contributed by atoms with E-state index in [2.05, 4.69) is 9.69 Å². The molecule has 2 fully saturated rings. The lowest BCUT2D eigenvalue weighted by Crippen LogP contribution is -2.50. The third kappa shape index (κ3) is 5.20. The maximum absolute atomic E-state index is 14.0. The smallest absolute Gasteiger partial charge is 0.270 e. The van der Waals surface area contributed by atoms with Gasteiger partial charge in [0.1, 0.15) is 10.9 Å². The van der Waals surface area contributed by atoms with Gasteiger partial charge in [-0.2, -0.15) is 4.37 Å². The van der Waals surface area contributed by atoms with Crippen molar-refractivity contribution in [2.45, 2.75) is 75.9 Å². The molecule has 8 nitrogen and oxygen atoms in total. The van der Waals surface area contributed by atoms with Crippen LogP contribution in [0.3, 0.4) is 0 Å². The highest BCUT2D eigenvalue weighted by Gasteiger charge is 2.40. The number of primary amides is 1. The number of nitrogens with one attached hydrogen (secondary N) is 1. The van der Waals surface area contributed by atoms with Crippen molar-refractivity contribution in [3.8, 4) is 0 Å². The van der Waals surface area contributed by atoms with Crippen LogP contribution in [0.2, 0.25) is 5.02 Å². The average molecular weight is 504 g/mol. The fraction of sp³-hybridized carbons (Fsp3) is 0.500. The van der Waals surface area contributed by atoms with Gasteiger partial charge in [0.15, 0.2) is 5.69 Å². The van der Waals surface area contributed by atoms with Gasteiger partial charge in [-0.1, -0.05) is 55.8 Å². The Balaban J connectivity index is 1.77. The van der Waals surface area contributed by atoms with Gasteiger partial charge in [0, 0.05) is 17.1 Å². The molecule has 1 heterocycles. The molecule has 2 aliphatic carbocycles. The summed E-state index contributed by atoms with van der Waals surface area (Å²) in [6, 6.07) is 6.12. The molecule has 1 aromatic heterocycles. The minimum absolute atomic E-state index is 0.0330. The first kappa shape index (κ1) is 24.5. The number of carbonyl (C=O) groups excluding carboxylic acids is 3. The number of nitrogens with zero attached hydrogens (tertiary/aromatic N) is 2. The Kier molecular flexibility index (Phi) is 7.73. The number of benzene rings is 1. The lowest BCUT2D eigenvalue weighted by atomic mass is 9.91. The number of hydrogen-bond acceptors (Lipinski definition) is 6. The van der Waals surface area contributed by atoms with Crippen LogP contribution in [0.1, 0.15) is 89.6 Å². The van der Waals surface area contributed by atoms with E-state index in [1.807, 2.05) is 0 Å². The molecule has 0 saturated heterocycles. The van der Waals surface area contributed by atoms with Crippen molar-refractivity contribution in [3.05, 3.63) is 45.4 Å². The van der Waals surface area contributed by atoms with Gasteiger partial charge in [-0.25, -0.2) is 0 Å². The Morgan fingerprint density at radius 3 is 2.24 bits per heavy atom. The maximum Gasteiger partial charge on any atom is 0.270 e. The van der Waals surface area contributed by atoms with Crippen molar-refractivity contribution < 1.29 is 14.4 Å². The molecule has 2 saturated carbocycles. The Hall–Kier alpha value is -2.65. The quantitative estimate of drug-likeness (QED) is 0.524. The zero-order chi connectivity index (χ0) is 24.2. The van der Waals surface area contributed by atoms with Gasteiger partial charge in [-0.15, -0.1) is 0 Å². The first-order chi connectivity index (χ1) is 16.4. The molecule has 2 aliphatic rings. The third-order valence-electron chi connectivity index (χ3n) is 6.77. The molecule has 1 aromatic carbocycles. The molecule has 3 amide bonds. The molecule has 5 N–H and O–H groups in total. The zero-order valence-electron chi connectivity index (χ0n) is 19.0. The molecule has 0 spiro atoms. The molecular formula is C24H30ClN5O3S. The van der Waals surface area contributed by atoms with Gasteiger partial charge < -0.3 is 21.7 Å². The second-order valence-electron chi connectivity index (χ2n) is 9.09. The first-order valence-corrected chi connectivity index (χ1v) is 13.0. The van der Waals surface area contributed by atoms with Gasteiger partial charge in [-0.05, 0) is 54.9 Å². The molecule has 34 heavy (non-hydrogen) atoms. The minimum atomic E-state index is -0.855. The van der Waals surface area contributed by atoms with Gasteiger partial charge >= 0.3 is 0 Å². The molecule has 2 aromatic rings. The topological polar surface area (TPSA) is 131 Å². The number of nitrogen functional groups attached to an aromatic ring is 1. The number of hydrogen-bond donors (Lipinski definition) is 3. The summed E-state index contributed by atoms with van der Waals surface area (Å²) in [5.41, 5.74) is 12.0. The molecule has 10 heteroatoms. The lowest BCUT2D eigenvalue weighted by molar-refractivity contribution is -0.127. The third-order valence-corrected chi connectivity index (χ3v) is 7.87. The van der Waals surface area contributed by atoms with Gasteiger partial charge in [0.2, 0.25) is 5.91 Å². The van der Waals surface area contributed by atoms with E-state index >= 15 is 0 Å². The van der Waals surface area contributed by atoms with Gasteiger partial charge in [0.05, 0.1) is 5.69 Å². The van der Waals surface area contributed by atoms with Crippen LogP contribution in [-0.4, -0.2) is 39.1 Å². The van der Waals surface area contributed by atoms with E-state index in [1.165, 1.54) is 0 Å². The van der Waals surface area contributed by atoms with Crippen LogP contribution in [0.15, 0.2) is 24.3 Å². The fourth-order valence-electron chi connectivity index (χ4n) is 5.03. The van der Waals surface area contributed by atoms with Crippen LogP contribution in [0.5, 0.6) is 0 Å². The van der Waals surface area contributed by atoms with Crippen molar-refractivity contribution in [2.24, 2.45) is 5.73 Å². The van der Waals surface area contributed by atoms with Crippen LogP contribution >= 0.6 is 23.1 Å². The molecule has 182 valence electrons. The number of amides is 3. The van der Waals surface area contributed by atoms with E-state index in [4.69, 9.17) is 23.1 Å². The van der Waals surface area contributed by atoms with Crippen LogP contribution < -0.4 is 16.8 Å². The Morgan fingerprint density at radius 1 is 1.03 bits per heavy atom. The van der Waals surface area contributed by atoms with E-state index in [9.17, 15) is 14.4 Å². The minimum Gasteiger partial charge on any atom is -0.395 e. The van der Waals surface area contributed by atoms with Crippen molar-refractivity contribution >= 4 is 46.5 Å². The number of nitrogens with two attached hydrogens (primary N) is 2. The predicted octanol–water partition coefficient (Wildman–Crippen LogP) is 4.05. The van der Waals surface area contributed by atoms with Crippen molar-refractivity contribution in [1.82, 2.24) is 14.6 Å².